The molecule has 79 heavy (non-hydrogen) atoms. The Bertz CT molecular complexity index is 2380. The van der Waals surface area contributed by atoms with Crippen LogP contribution in [0.4, 0.5) is 9.59 Å². The lowest BCUT2D eigenvalue weighted by atomic mass is 9.77. The van der Waals surface area contributed by atoms with Crippen molar-refractivity contribution >= 4 is 18.2 Å². The minimum absolute atomic E-state index is 0.0129. The van der Waals surface area contributed by atoms with Crippen LogP contribution in [0.3, 0.4) is 0 Å². The van der Waals surface area contributed by atoms with Crippen LogP contribution < -0.4 is 10.6 Å². The zero-order valence-electron chi connectivity index (χ0n) is 48.9. The van der Waals surface area contributed by atoms with Crippen LogP contribution >= 0.6 is 0 Å². The van der Waals surface area contributed by atoms with Crippen LogP contribution in [0.5, 0.6) is 0 Å². The highest BCUT2D eigenvalue weighted by Gasteiger charge is 2.54. The molecule has 2 amide bonds. The van der Waals surface area contributed by atoms with E-state index in [1.807, 2.05) is 112 Å². The Kier molecular flexibility index (Phi) is 22.3. The van der Waals surface area contributed by atoms with E-state index in [0.717, 1.165) is 11.1 Å². The van der Waals surface area contributed by atoms with Crippen molar-refractivity contribution in [2.24, 2.45) is 17.8 Å². The van der Waals surface area contributed by atoms with Gasteiger partial charge in [0.25, 0.3) is 0 Å². The molecule has 3 fully saturated rings. The second-order valence-corrected chi connectivity index (χ2v) is 23.3. The Morgan fingerprint density at radius 2 is 1.49 bits per heavy atom. The molecule has 3 aromatic rings. The monoisotopic (exact) mass is 1110 g/mol. The first kappa shape index (κ1) is 63.4. The van der Waals surface area contributed by atoms with Gasteiger partial charge in [-0.3, -0.25) is 9.69 Å². The van der Waals surface area contributed by atoms with Crippen LogP contribution in [-0.4, -0.2) is 190 Å². The fourth-order valence-electron chi connectivity index (χ4n) is 11.8. The number of nitrogens with one attached hydrogen (secondary N) is 2. The van der Waals surface area contributed by atoms with E-state index in [4.69, 9.17) is 37.9 Å². The van der Waals surface area contributed by atoms with E-state index in [0.29, 0.717) is 31.6 Å². The molecule has 21 heteroatoms. The molecule has 3 saturated heterocycles. The fraction of sp³-hybridized carbons (Fsp3) is 0.707. The third kappa shape index (κ3) is 16.4. The molecule has 0 saturated carbocycles. The molecule has 21 nitrogen and oxygen atoms in total. The number of amides is 2. The van der Waals surface area contributed by atoms with Crippen LogP contribution in [0.25, 0.3) is 0 Å². The maximum Gasteiger partial charge on any atom is 0.407 e. The lowest BCUT2D eigenvalue weighted by Gasteiger charge is -2.49. The molecule has 0 spiro atoms. The van der Waals surface area contributed by atoms with Crippen molar-refractivity contribution in [1.82, 2.24) is 35.4 Å². The Balaban J connectivity index is 1.29. The molecule has 0 radical (unpaired) electrons. The SMILES string of the molecule is CC[C@H]1OC(=O)[C@H](C)[C@@H](O[C@H]2C[C@@](C)(OC)[C@@H](OC(=O)NCc3cn(Cc4ccccc4)nn3)[C@H](C)O2)[C@H](C)[C@@H](O[C@@H]2O[C@H](C)C[C@H](N(C)C)[C@H]2O)[C@](C)(O)C[C@@H](C)CN(C)[C@H](C)[C@@H](OC(=O)NCCc2ccccc2)[C@]1(C)O. The summed E-state index contributed by atoms with van der Waals surface area (Å²) in [5.41, 5.74) is -2.21. The van der Waals surface area contributed by atoms with Crippen molar-refractivity contribution in [1.29, 1.82) is 0 Å². The summed E-state index contributed by atoms with van der Waals surface area (Å²) in [6, 6.07) is 18.5. The highest BCUT2D eigenvalue weighted by molar-refractivity contribution is 5.73. The van der Waals surface area contributed by atoms with Crippen molar-refractivity contribution in [3.63, 3.8) is 0 Å². The third-order valence-corrected chi connectivity index (χ3v) is 16.3. The Morgan fingerprint density at radius 3 is 2.13 bits per heavy atom. The number of cyclic esters (lactones) is 1. The van der Waals surface area contributed by atoms with Crippen LogP contribution in [0, 0.1) is 17.8 Å². The van der Waals surface area contributed by atoms with Crippen molar-refractivity contribution in [3.05, 3.63) is 83.7 Å². The number of aliphatic hydroxyl groups is 3. The second-order valence-electron chi connectivity index (χ2n) is 23.3. The number of aromatic nitrogens is 3. The molecule has 2 aromatic carbocycles. The summed E-state index contributed by atoms with van der Waals surface area (Å²) in [5.74, 6) is -3.03. The van der Waals surface area contributed by atoms with Crippen molar-refractivity contribution in [2.45, 2.75) is 205 Å². The van der Waals surface area contributed by atoms with Gasteiger partial charge in [0, 0.05) is 44.6 Å². The van der Waals surface area contributed by atoms with E-state index in [1.165, 1.54) is 14.0 Å². The largest absolute Gasteiger partial charge is 0.459 e. The minimum atomic E-state index is -1.93. The summed E-state index contributed by atoms with van der Waals surface area (Å²) in [5, 5.41) is 51.5. The summed E-state index contributed by atoms with van der Waals surface area (Å²) < 4.78 is 53.1. The topological polar surface area (TPSA) is 247 Å². The first-order chi connectivity index (χ1) is 37.3. The number of nitrogens with zero attached hydrogens (tertiary/aromatic N) is 5. The van der Waals surface area contributed by atoms with Gasteiger partial charge >= 0.3 is 18.2 Å². The van der Waals surface area contributed by atoms with E-state index in [2.05, 4.69) is 20.9 Å². The lowest BCUT2D eigenvalue weighted by molar-refractivity contribution is -0.317. The number of methoxy groups -OCH3 is 1. The Morgan fingerprint density at radius 1 is 0.861 bits per heavy atom. The molecule has 6 rings (SSSR count). The smallest absolute Gasteiger partial charge is 0.407 e. The van der Waals surface area contributed by atoms with Gasteiger partial charge in [0.15, 0.2) is 24.8 Å². The van der Waals surface area contributed by atoms with Gasteiger partial charge in [0.1, 0.15) is 29.1 Å². The standard InChI is InChI=1S/C58H91N7O14/c1-15-45-58(10,71)50(78-54(68)59-27-26-41-22-18-16-19-23-41)39(6)64(13)32-35(2)29-56(8,70)49(77-53-47(66)44(63(11)12)28-36(3)73-53)37(4)48(38(5)52(67)75-45)76-46-30-57(9,72-14)51(40(7)74-46)79-55(69)60-31-43-34-65(62-61-43)33-42-24-20-17-21-25-42/h16-25,34-40,44-51,53,66,70-71H,15,26-33H2,1-14H3,(H,59,68)(H,60,69)/t35-,36-,37+,38-,39-,40+,44+,45-,46+,47-,48+,49-,50-,51+,53+,56-,57-,58-/m1/s1. The molecule has 1 aromatic heterocycles. The van der Waals surface area contributed by atoms with E-state index in [1.54, 1.807) is 52.4 Å². The lowest BCUT2D eigenvalue weighted by Crippen LogP contribution is -2.61. The predicted octanol–water partition coefficient (Wildman–Crippen LogP) is 5.45. The maximum absolute atomic E-state index is 15.0. The third-order valence-electron chi connectivity index (χ3n) is 16.3. The zero-order valence-corrected chi connectivity index (χ0v) is 48.9. The quantitative estimate of drug-likeness (QED) is 0.0884. The highest BCUT2D eigenvalue weighted by Crippen LogP contribution is 2.41. The Labute approximate surface area is 467 Å². The molecule has 442 valence electrons. The summed E-state index contributed by atoms with van der Waals surface area (Å²) >= 11 is 0. The number of carbonyl (C=O) groups is 3. The number of hydrogen-bond acceptors (Lipinski definition) is 18. The molecule has 0 aliphatic carbocycles. The molecule has 4 heterocycles. The number of hydrogen-bond donors (Lipinski definition) is 5. The number of esters is 1. The molecule has 3 aliphatic rings. The van der Waals surface area contributed by atoms with Crippen LogP contribution in [0.2, 0.25) is 0 Å². The molecular weight excluding hydrogens is 1020 g/mol. The van der Waals surface area contributed by atoms with Crippen molar-refractivity contribution in [3.8, 4) is 0 Å². The summed E-state index contributed by atoms with van der Waals surface area (Å²) in [6.45, 7) is 18.8. The first-order valence-electron chi connectivity index (χ1n) is 28.0. The number of ether oxygens (including phenoxy) is 8. The number of benzene rings is 2. The van der Waals surface area contributed by atoms with Gasteiger partial charge in [0.2, 0.25) is 0 Å². The molecule has 3 aliphatic heterocycles. The van der Waals surface area contributed by atoms with E-state index >= 15 is 0 Å². The summed E-state index contributed by atoms with van der Waals surface area (Å²) in [4.78, 5) is 46.0. The number of carbonyl (C=O) groups excluding carboxylic acids is 3. The molecule has 0 unspecified atom stereocenters. The van der Waals surface area contributed by atoms with Crippen molar-refractivity contribution < 1.29 is 67.6 Å². The van der Waals surface area contributed by atoms with Gasteiger partial charge in [-0.2, -0.15) is 0 Å². The summed E-state index contributed by atoms with van der Waals surface area (Å²) in [6.07, 6.45) is -8.59. The zero-order chi connectivity index (χ0) is 58.0. The predicted molar refractivity (Wildman–Crippen MR) is 293 cm³/mol. The van der Waals surface area contributed by atoms with Gasteiger partial charge in [-0.25, -0.2) is 14.3 Å². The minimum Gasteiger partial charge on any atom is -0.459 e. The van der Waals surface area contributed by atoms with E-state index in [9.17, 15) is 29.7 Å². The number of alkyl carbamates (subject to hydrolysis) is 2. The average Bonchev–Trinajstić information content (AvgIpc) is 3.98. The van der Waals surface area contributed by atoms with Gasteiger partial charge in [0.05, 0.1) is 55.2 Å². The van der Waals surface area contributed by atoms with Gasteiger partial charge in [-0.1, -0.05) is 86.6 Å². The molecular formula is C58H91N7O14. The van der Waals surface area contributed by atoms with Crippen LogP contribution in [0.1, 0.15) is 112 Å². The van der Waals surface area contributed by atoms with E-state index in [-0.39, 0.29) is 50.4 Å². The number of aliphatic hydroxyl groups excluding tert-OH is 1. The summed E-state index contributed by atoms with van der Waals surface area (Å²) in [7, 11) is 7.10. The fourth-order valence-corrected chi connectivity index (χ4v) is 11.8. The first-order valence-corrected chi connectivity index (χ1v) is 28.0. The average molecular weight is 1110 g/mol. The molecule has 0 bridgehead atoms. The highest BCUT2D eigenvalue weighted by atomic mass is 16.7. The molecule has 18 atom stereocenters. The normalized spacial score (nSPS) is 36.3. The van der Waals surface area contributed by atoms with Gasteiger partial charge < -0.3 is 68.7 Å². The number of rotatable bonds is 16. The Hall–Kier alpha value is -4.81. The van der Waals surface area contributed by atoms with Crippen LogP contribution in [-0.2, 0) is 62.2 Å². The second kappa shape index (κ2) is 27.8. The van der Waals surface area contributed by atoms with Crippen LogP contribution in [0.15, 0.2) is 66.9 Å². The van der Waals surface area contributed by atoms with E-state index < -0.39 is 108 Å². The van der Waals surface area contributed by atoms with Gasteiger partial charge in [-0.15, -0.1) is 5.10 Å². The molecule has 5 N–H and O–H groups in total. The van der Waals surface area contributed by atoms with Crippen molar-refractivity contribution in [2.75, 3.05) is 41.3 Å². The van der Waals surface area contributed by atoms with Gasteiger partial charge in [-0.05, 0) is 112 Å². The number of likely N-dealkylation sites (N-methyl/N-ethyl adjacent to an activating group) is 2. The maximum atomic E-state index is 15.0.